The third-order valence-electron chi connectivity index (χ3n) is 3.52. The lowest BCUT2D eigenvalue weighted by Crippen LogP contribution is -2.39. The summed E-state index contributed by atoms with van der Waals surface area (Å²) in [6, 6.07) is 6.15. The van der Waals surface area contributed by atoms with E-state index in [-0.39, 0.29) is 5.54 Å². The van der Waals surface area contributed by atoms with Crippen LogP contribution in [0.5, 0.6) is 0 Å². The third-order valence-corrected chi connectivity index (χ3v) is 3.75. The van der Waals surface area contributed by atoms with E-state index in [0.717, 1.165) is 11.4 Å². The van der Waals surface area contributed by atoms with Crippen molar-refractivity contribution in [3.05, 3.63) is 28.8 Å². The number of hydrogen-bond donors (Lipinski definition) is 1. The number of benzene rings is 1. The van der Waals surface area contributed by atoms with E-state index >= 15 is 0 Å². The summed E-state index contributed by atoms with van der Waals surface area (Å²) in [6.07, 6.45) is 2.33. The largest absolute Gasteiger partial charge is 0.380 e. The van der Waals surface area contributed by atoms with Gasteiger partial charge >= 0.3 is 0 Å². The van der Waals surface area contributed by atoms with Crippen LogP contribution in [-0.4, -0.2) is 5.54 Å². The molecule has 1 aromatic carbocycles. The predicted octanol–water partition coefficient (Wildman–Crippen LogP) is 4.43. The van der Waals surface area contributed by atoms with Gasteiger partial charge < -0.3 is 5.32 Å². The van der Waals surface area contributed by atoms with Gasteiger partial charge in [0, 0.05) is 16.2 Å². The standard InChI is InChI=1S/C13H18ClN/c1-4-13(3)8-9(2)11-7-10(14)5-6-12(11)15-13/h5-7,9,15H,4,8H2,1-3H3. The predicted molar refractivity (Wildman–Crippen MR) is 66.8 cm³/mol. The molecule has 1 aromatic rings. The molecule has 1 heterocycles. The minimum Gasteiger partial charge on any atom is -0.380 e. The first-order valence-corrected chi connectivity index (χ1v) is 5.99. The molecule has 1 aliphatic rings. The molecule has 0 saturated heterocycles. The molecular formula is C13H18ClN. The van der Waals surface area contributed by atoms with Gasteiger partial charge in [0.05, 0.1) is 0 Å². The monoisotopic (exact) mass is 223 g/mol. The van der Waals surface area contributed by atoms with Gasteiger partial charge in [-0.25, -0.2) is 0 Å². The van der Waals surface area contributed by atoms with Gasteiger partial charge in [-0.15, -0.1) is 0 Å². The lowest BCUT2D eigenvalue weighted by atomic mass is 9.79. The fourth-order valence-corrected chi connectivity index (χ4v) is 2.63. The van der Waals surface area contributed by atoms with E-state index in [1.165, 1.54) is 17.7 Å². The van der Waals surface area contributed by atoms with Crippen molar-refractivity contribution in [2.75, 3.05) is 5.32 Å². The minimum absolute atomic E-state index is 0.236. The first-order chi connectivity index (χ1) is 7.04. The van der Waals surface area contributed by atoms with E-state index < -0.39 is 0 Å². The second-order valence-electron chi connectivity index (χ2n) is 4.88. The van der Waals surface area contributed by atoms with Crippen molar-refractivity contribution in [1.29, 1.82) is 0 Å². The summed E-state index contributed by atoms with van der Waals surface area (Å²) in [4.78, 5) is 0. The van der Waals surface area contributed by atoms with Gasteiger partial charge in [0.2, 0.25) is 0 Å². The Kier molecular flexibility index (Phi) is 2.68. The Bertz CT molecular complexity index is 375. The lowest BCUT2D eigenvalue weighted by Gasteiger charge is -2.39. The van der Waals surface area contributed by atoms with Crippen molar-refractivity contribution < 1.29 is 0 Å². The van der Waals surface area contributed by atoms with Crippen LogP contribution in [0.4, 0.5) is 5.69 Å². The molecule has 0 bridgehead atoms. The van der Waals surface area contributed by atoms with Crippen LogP contribution < -0.4 is 5.32 Å². The topological polar surface area (TPSA) is 12.0 Å². The van der Waals surface area contributed by atoms with Crippen molar-refractivity contribution in [3.8, 4) is 0 Å². The van der Waals surface area contributed by atoms with Crippen LogP contribution in [0.15, 0.2) is 18.2 Å². The molecule has 82 valence electrons. The molecule has 0 fully saturated rings. The van der Waals surface area contributed by atoms with E-state index in [2.05, 4.69) is 38.2 Å². The highest BCUT2D eigenvalue weighted by Crippen LogP contribution is 2.40. The number of hydrogen-bond acceptors (Lipinski definition) is 1. The first-order valence-electron chi connectivity index (χ1n) is 5.62. The summed E-state index contributed by atoms with van der Waals surface area (Å²) in [5, 5.41) is 4.46. The van der Waals surface area contributed by atoms with Gasteiger partial charge in [-0.2, -0.15) is 0 Å². The molecule has 1 aliphatic heterocycles. The zero-order valence-corrected chi connectivity index (χ0v) is 10.4. The van der Waals surface area contributed by atoms with Gasteiger partial charge in [0.1, 0.15) is 0 Å². The summed E-state index contributed by atoms with van der Waals surface area (Å²) in [6.45, 7) is 6.81. The summed E-state index contributed by atoms with van der Waals surface area (Å²) >= 11 is 6.02. The van der Waals surface area contributed by atoms with Crippen molar-refractivity contribution in [1.82, 2.24) is 0 Å². The van der Waals surface area contributed by atoms with Crippen LogP contribution >= 0.6 is 11.6 Å². The lowest BCUT2D eigenvalue weighted by molar-refractivity contribution is 0.407. The second-order valence-corrected chi connectivity index (χ2v) is 5.31. The van der Waals surface area contributed by atoms with Crippen LogP contribution in [0.2, 0.25) is 5.02 Å². The average Bonchev–Trinajstić information content (AvgIpc) is 2.20. The van der Waals surface area contributed by atoms with Crippen LogP contribution in [0, 0.1) is 0 Å². The number of halogens is 1. The molecule has 0 spiro atoms. The quantitative estimate of drug-likeness (QED) is 0.743. The van der Waals surface area contributed by atoms with Gasteiger partial charge in [0.15, 0.2) is 0 Å². The van der Waals surface area contributed by atoms with E-state index in [9.17, 15) is 0 Å². The van der Waals surface area contributed by atoms with Crippen molar-refractivity contribution >= 4 is 17.3 Å². The summed E-state index contributed by atoms with van der Waals surface area (Å²) in [5.41, 5.74) is 2.84. The zero-order chi connectivity index (χ0) is 11.1. The van der Waals surface area contributed by atoms with Gasteiger partial charge in [0.25, 0.3) is 0 Å². The summed E-state index contributed by atoms with van der Waals surface area (Å²) in [7, 11) is 0. The summed E-state index contributed by atoms with van der Waals surface area (Å²) in [5.74, 6) is 0.588. The maximum absolute atomic E-state index is 6.02. The molecule has 2 unspecified atom stereocenters. The van der Waals surface area contributed by atoms with Crippen LogP contribution in [0.3, 0.4) is 0 Å². The molecule has 0 aliphatic carbocycles. The van der Waals surface area contributed by atoms with Crippen molar-refractivity contribution in [3.63, 3.8) is 0 Å². The van der Waals surface area contributed by atoms with Gasteiger partial charge in [-0.3, -0.25) is 0 Å². The molecule has 0 amide bonds. The fourth-order valence-electron chi connectivity index (χ4n) is 2.45. The Balaban J connectivity index is 2.41. The molecule has 1 N–H and O–H groups in total. The Labute approximate surface area is 96.8 Å². The van der Waals surface area contributed by atoms with Crippen LogP contribution in [0.1, 0.15) is 45.1 Å². The molecule has 15 heavy (non-hydrogen) atoms. The van der Waals surface area contributed by atoms with Gasteiger partial charge in [-0.1, -0.05) is 25.4 Å². The molecule has 0 aromatic heterocycles. The maximum atomic E-state index is 6.02. The highest BCUT2D eigenvalue weighted by molar-refractivity contribution is 6.30. The third kappa shape index (κ3) is 1.98. The first kappa shape index (κ1) is 10.8. The molecule has 0 saturated carbocycles. The highest BCUT2D eigenvalue weighted by atomic mass is 35.5. The maximum Gasteiger partial charge on any atom is 0.0410 e. The van der Waals surface area contributed by atoms with Crippen LogP contribution in [-0.2, 0) is 0 Å². The zero-order valence-electron chi connectivity index (χ0n) is 9.60. The SMILES string of the molecule is CCC1(C)CC(C)c2cc(Cl)ccc2N1. The molecular weight excluding hydrogens is 206 g/mol. The Morgan fingerprint density at radius 1 is 1.53 bits per heavy atom. The molecule has 1 nitrogen and oxygen atoms in total. The Morgan fingerprint density at radius 2 is 2.27 bits per heavy atom. The number of fused-ring (bicyclic) bond motifs is 1. The van der Waals surface area contributed by atoms with Crippen molar-refractivity contribution in [2.45, 2.75) is 45.1 Å². The Hall–Kier alpha value is -0.690. The second kappa shape index (κ2) is 3.71. The van der Waals surface area contributed by atoms with E-state index in [0.29, 0.717) is 5.92 Å². The normalized spacial score (nSPS) is 29.5. The molecule has 2 heteroatoms. The van der Waals surface area contributed by atoms with E-state index in [4.69, 9.17) is 11.6 Å². The molecule has 2 rings (SSSR count). The van der Waals surface area contributed by atoms with E-state index in [1.54, 1.807) is 0 Å². The molecule has 2 atom stereocenters. The highest BCUT2D eigenvalue weighted by Gasteiger charge is 2.31. The summed E-state index contributed by atoms with van der Waals surface area (Å²) < 4.78 is 0. The number of anilines is 1. The van der Waals surface area contributed by atoms with E-state index in [1.807, 2.05) is 6.07 Å². The fraction of sp³-hybridized carbons (Fsp3) is 0.538. The van der Waals surface area contributed by atoms with Gasteiger partial charge in [-0.05, 0) is 49.4 Å². The average molecular weight is 224 g/mol. The minimum atomic E-state index is 0.236. The van der Waals surface area contributed by atoms with Crippen molar-refractivity contribution in [2.24, 2.45) is 0 Å². The molecule has 0 radical (unpaired) electrons. The number of rotatable bonds is 1. The smallest absolute Gasteiger partial charge is 0.0410 e. The Morgan fingerprint density at radius 3 is 2.93 bits per heavy atom. The number of nitrogens with one attached hydrogen (secondary N) is 1. The van der Waals surface area contributed by atoms with Crippen LogP contribution in [0.25, 0.3) is 0 Å².